The smallest absolute Gasteiger partial charge is 0.0518 e. The third-order valence-electron chi connectivity index (χ3n) is 0.471. The van der Waals surface area contributed by atoms with E-state index >= 15 is 0 Å². The Balaban J connectivity index is 0. The summed E-state index contributed by atoms with van der Waals surface area (Å²) < 4.78 is 0. The Morgan fingerprint density at radius 3 is 1.25 bits per heavy atom. The molecule has 0 aromatic heterocycles. The summed E-state index contributed by atoms with van der Waals surface area (Å²) in [6.07, 6.45) is 2.00. The summed E-state index contributed by atoms with van der Waals surface area (Å²) in [5.74, 6) is 0. The Bertz CT molecular complexity index is 27.7. The van der Waals surface area contributed by atoms with E-state index in [0.29, 0.717) is 0 Å². The summed E-state index contributed by atoms with van der Waals surface area (Å²) in [5.41, 5.74) is 10.1. The van der Waals surface area contributed by atoms with Crippen LogP contribution in [0.3, 0.4) is 0 Å². The van der Waals surface area contributed by atoms with E-state index in [1.54, 1.807) is 0 Å². The van der Waals surface area contributed by atoms with Crippen LogP contribution in [-0.2, 0) is 0 Å². The number of hydrogen-bond acceptors (Lipinski definition) is 2. The molecule has 0 saturated carbocycles. The molecule has 0 fully saturated rings. The summed E-state index contributed by atoms with van der Waals surface area (Å²) in [5, 5.41) is 0. The van der Waals surface area contributed by atoms with Gasteiger partial charge in [0, 0.05) is 0 Å². The average Bonchev–Trinajstić information content (AvgIpc) is 1.69. The molecule has 0 heterocycles. The van der Waals surface area contributed by atoms with Crippen molar-refractivity contribution in [2.24, 2.45) is 11.5 Å². The fraction of sp³-hybridized carbons (Fsp3) is 1.00. The fourth-order valence-corrected chi connectivity index (χ4v) is 0. The molecule has 2 heteroatoms. The summed E-state index contributed by atoms with van der Waals surface area (Å²) in [6, 6.07) is 0. The first kappa shape index (κ1) is 10.8. The van der Waals surface area contributed by atoms with E-state index in [0.717, 1.165) is 6.42 Å². The topological polar surface area (TPSA) is 52.0 Å². The van der Waals surface area contributed by atoms with Crippen molar-refractivity contribution in [3.8, 4) is 0 Å². The largest absolute Gasteiger partial charge is 0.316 e. The molecular weight excluding hydrogens is 100 g/mol. The van der Waals surface area contributed by atoms with E-state index in [1.165, 1.54) is 6.42 Å². The predicted octanol–water partition coefficient (Wildman–Crippen LogP) is 1.06. The summed E-state index contributed by atoms with van der Waals surface area (Å²) in [4.78, 5) is 0. The van der Waals surface area contributed by atoms with Gasteiger partial charge in [0.15, 0.2) is 0 Å². The molecule has 0 aromatic rings. The molecule has 2 nitrogen and oxygen atoms in total. The van der Waals surface area contributed by atoms with Crippen molar-refractivity contribution in [1.82, 2.24) is 0 Å². The van der Waals surface area contributed by atoms with Crippen molar-refractivity contribution in [3.63, 3.8) is 0 Å². The minimum atomic E-state index is -0.116. The lowest BCUT2D eigenvalue weighted by molar-refractivity contribution is 0.682. The molecule has 0 rings (SSSR count). The third-order valence-corrected chi connectivity index (χ3v) is 0.471. The number of nitrogens with two attached hydrogens (primary N) is 2. The Kier molecular flexibility index (Phi) is 13.6. The zero-order valence-corrected chi connectivity index (χ0v) is 6.15. The minimum absolute atomic E-state index is 0.116. The molecule has 0 aromatic carbocycles. The van der Waals surface area contributed by atoms with Gasteiger partial charge in [0.05, 0.1) is 6.17 Å². The summed E-state index contributed by atoms with van der Waals surface area (Å²) in [6.45, 7) is 6.20. The minimum Gasteiger partial charge on any atom is -0.316 e. The van der Waals surface area contributed by atoms with Crippen LogP contribution in [0.15, 0.2) is 0 Å². The molecule has 0 spiro atoms. The van der Waals surface area contributed by atoms with Gasteiger partial charge in [0.2, 0.25) is 0 Å². The highest BCUT2D eigenvalue weighted by Gasteiger charge is 1.79. The van der Waals surface area contributed by atoms with Gasteiger partial charge in [-0.25, -0.2) is 0 Å². The van der Waals surface area contributed by atoms with Crippen LogP contribution in [0.25, 0.3) is 0 Å². The maximum atomic E-state index is 5.07. The summed E-state index contributed by atoms with van der Waals surface area (Å²) >= 11 is 0. The quantitative estimate of drug-likeness (QED) is 0.506. The van der Waals surface area contributed by atoms with Gasteiger partial charge in [-0.3, -0.25) is 0 Å². The van der Waals surface area contributed by atoms with Crippen LogP contribution in [0.4, 0.5) is 0 Å². The van der Waals surface area contributed by atoms with Gasteiger partial charge in [-0.2, -0.15) is 0 Å². The normalized spacial score (nSPS) is 8.25. The zero-order valence-electron chi connectivity index (χ0n) is 6.15. The number of hydrogen-bond donors (Lipinski definition) is 2. The van der Waals surface area contributed by atoms with E-state index < -0.39 is 0 Å². The van der Waals surface area contributed by atoms with Gasteiger partial charge in [-0.05, 0) is 6.42 Å². The van der Waals surface area contributed by atoms with E-state index in [-0.39, 0.29) is 6.17 Å². The predicted molar refractivity (Wildman–Crippen MR) is 38.4 cm³/mol. The van der Waals surface area contributed by atoms with Crippen molar-refractivity contribution >= 4 is 0 Å². The molecule has 4 N–H and O–H groups in total. The summed E-state index contributed by atoms with van der Waals surface area (Å²) in [7, 11) is 0. The second kappa shape index (κ2) is 10.0. The second-order valence-corrected chi connectivity index (χ2v) is 1.78. The average molecular weight is 118 g/mol. The molecule has 0 atom stereocenters. The van der Waals surface area contributed by atoms with Crippen LogP contribution in [0, 0.1) is 0 Å². The molecule has 0 aliphatic heterocycles. The van der Waals surface area contributed by atoms with Gasteiger partial charge in [0.25, 0.3) is 0 Å². The molecule has 52 valence electrons. The molecule has 0 amide bonds. The van der Waals surface area contributed by atoms with Crippen molar-refractivity contribution in [2.45, 2.75) is 39.8 Å². The highest BCUT2D eigenvalue weighted by Crippen LogP contribution is 1.68. The maximum Gasteiger partial charge on any atom is 0.0518 e. The van der Waals surface area contributed by atoms with Crippen molar-refractivity contribution in [2.75, 3.05) is 0 Å². The molecular formula is C6H18N2. The first-order valence-electron chi connectivity index (χ1n) is 3.20. The van der Waals surface area contributed by atoms with Crippen LogP contribution in [0.5, 0.6) is 0 Å². The Labute approximate surface area is 52.2 Å². The molecule has 0 aliphatic carbocycles. The molecule has 0 aliphatic rings. The van der Waals surface area contributed by atoms with Crippen LogP contribution in [-0.4, -0.2) is 6.17 Å². The lowest BCUT2D eigenvalue weighted by Crippen LogP contribution is -2.28. The van der Waals surface area contributed by atoms with E-state index in [2.05, 4.69) is 13.8 Å². The fourth-order valence-electron chi connectivity index (χ4n) is 0. The third kappa shape index (κ3) is 38.9. The lowest BCUT2D eigenvalue weighted by atomic mass is 10.4. The monoisotopic (exact) mass is 118 g/mol. The van der Waals surface area contributed by atoms with Crippen LogP contribution >= 0.6 is 0 Å². The molecule has 0 unspecified atom stereocenters. The van der Waals surface area contributed by atoms with Crippen molar-refractivity contribution < 1.29 is 0 Å². The molecule has 8 heavy (non-hydrogen) atoms. The molecule has 0 bridgehead atoms. The molecule has 0 radical (unpaired) electrons. The van der Waals surface area contributed by atoms with Gasteiger partial charge < -0.3 is 11.5 Å². The number of rotatable bonds is 1. The highest BCUT2D eigenvalue weighted by atomic mass is 14.8. The first-order valence-corrected chi connectivity index (χ1v) is 3.20. The van der Waals surface area contributed by atoms with Gasteiger partial charge in [-0.1, -0.05) is 27.2 Å². The van der Waals surface area contributed by atoms with Crippen molar-refractivity contribution in [3.05, 3.63) is 0 Å². The van der Waals surface area contributed by atoms with Crippen LogP contribution < -0.4 is 11.5 Å². The SMILES string of the molecule is CCC.CCC(N)N. The van der Waals surface area contributed by atoms with E-state index in [9.17, 15) is 0 Å². The Hall–Kier alpha value is -0.0800. The van der Waals surface area contributed by atoms with Gasteiger partial charge in [0.1, 0.15) is 0 Å². The lowest BCUT2D eigenvalue weighted by Gasteiger charge is -1.92. The van der Waals surface area contributed by atoms with Gasteiger partial charge >= 0.3 is 0 Å². The second-order valence-electron chi connectivity index (χ2n) is 1.78. The standard InChI is InChI=1S/C3H10N2.C3H8/c1-2-3(4)5;1-3-2/h3H,2,4-5H2,1H3;3H2,1-2H3. The first-order chi connectivity index (χ1) is 3.68. The highest BCUT2D eigenvalue weighted by molar-refractivity contribution is 4.40. The van der Waals surface area contributed by atoms with E-state index in [4.69, 9.17) is 11.5 Å². The maximum absolute atomic E-state index is 5.07. The molecule has 0 saturated heterocycles. The zero-order chi connectivity index (χ0) is 6.99. The van der Waals surface area contributed by atoms with Gasteiger partial charge in [-0.15, -0.1) is 0 Å². The van der Waals surface area contributed by atoms with Crippen LogP contribution in [0.1, 0.15) is 33.6 Å². The Morgan fingerprint density at radius 1 is 1.12 bits per heavy atom. The van der Waals surface area contributed by atoms with E-state index in [1.807, 2.05) is 6.92 Å². The Morgan fingerprint density at radius 2 is 1.25 bits per heavy atom. The van der Waals surface area contributed by atoms with Crippen molar-refractivity contribution in [1.29, 1.82) is 0 Å². The van der Waals surface area contributed by atoms with Crippen LogP contribution in [0.2, 0.25) is 0 Å².